The third kappa shape index (κ3) is 5.43. The van der Waals surface area contributed by atoms with Gasteiger partial charge >= 0.3 is 6.03 Å². The van der Waals surface area contributed by atoms with Crippen LogP contribution in [-0.2, 0) is 11.8 Å². The molecule has 0 unspecified atom stereocenters. The highest BCUT2D eigenvalue weighted by molar-refractivity contribution is 5.91. The summed E-state index contributed by atoms with van der Waals surface area (Å²) >= 11 is 0. The zero-order valence-corrected chi connectivity index (χ0v) is 21.6. The highest BCUT2D eigenvalue weighted by Gasteiger charge is 2.35. The molecular formula is C27H31FN8O2. The number of rotatable bonds is 8. The Labute approximate surface area is 220 Å². The van der Waals surface area contributed by atoms with Crippen LogP contribution >= 0.6 is 0 Å². The van der Waals surface area contributed by atoms with Crippen LogP contribution in [0.1, 0.15) is 17.0 Å². The van der Waals surface area contributed by atoms with Gasteiger partial charge in [-0.05, 0) is 36.8 Å². The summed E-state index contributed by atoms with van der Waals surface area (Å²) in [6.45, 7) is 4.62. The molecule has 0 saturated carbocycles. The number of hydrogen-bond acceptors (Lipinski definition) is 6. The van der Waals surface area contributed by atoms with Crippen LogP contribution in [-0.4, -0.2) is 75.1 Å². The summed E-state index contributed by atoms with van der Waals surface area (Å²) in [6, 6.07) is 15.6. The maximum absolute atomic E-state index is 13.6. The minimum Gasteiger partial charge on any atom is -0.383 e. The highest BCUT2D eigenvalue weighted by Crippen LogP contribution is 2.30. The van der Waals surface area contributed by atoms with E-state index < -0.39 is 0 Å². The molecule has 38 heavy (non-hydrogen) atoms. The minimum absolute atomic E-state index is 0.00786. The smallest absolute Gasteiger partial charge is 0.320 e. The van der Waals surface area contributed by atoms with Gasteiger partial charge in [0.15, 0.2) is 0 Å². The molecule has 2 aromatic carbocycles. The first-order chi connectivity index (χ1) is 18.4. The third-order valence-electron chi connectivity index (χ3n) is 6.82. The van der Waals surface area contributed by atoms with Gasteiger partial charge in [-0.15, -0.1) is 0 Å². The standard InChI is InChI=1S/C27H31FN8O2/c1-18-25(23-15-29-34(2)32-23)33-36(21-7-5-4-6-8-21)26(18)31-27(37)30-24-17-35(13-14-38-3)16-22(24)19-9-11-20(28)12-10-19/h4-12,15,22,24H,13-14,16-17H2,1-3H3,(H2,30,31,37)/t22-,24+/m0/s1. The van der Waals surface area contributed by atoms with Gasteiger partial charge in [-0.2, -0.15) is 20.1 Å². The number of benzene rings is 2. The lowest BCUT2D eigenvalue weighted by molar-refractivity contribution is 0.159. The molecule has 2 N–H and O–H groups in total. The van der Waals surface area contributed by atoms with Gasteiger partial charge in [0.05, 0.1) is 24.5 Å². The molecule has 2 aromatic heterocycles. The Hall–Kier alpha value is -4.09. The van der Waals surface area contributed by atoms with E-state index in [1.54, 1.807) is 37.2 Å². The van der Waals surface area contributed by atoms with E-state index in [9.17, 15) is 9.18 Å². The molecule has 1 aliphatic heterocycles. The van der Waals surface area contributed by atoms with E-state index in [2.05, 4.69) is 25.7 Å². The van der Waals surface area contributed by atoms with Gasteiger partial charge in [-0.3, -0.25) is 10.2 Å². The number of aromatic nitrogens is 5. The number of hydrogen-bond donors (Lipinski definition) is 2. The maximum atomic E-state index is 13.6. The number of carbonyl (C=O) groups is 1. The molecule has 0 radical (unpaired) electrons. The first-order valence-electron chi connectivity index (χ1n) is 12.5. The molecule has 0 spiro atoms. The van der Waals surface area contributed by atoms with Crippen molar-refractivity contribution < 1.29 is 13.9 Å². The number of carbonyl (C=O) groups excluding carboxylic acids is 1. The minimum atomic E-state index is -0.346. The summed E-state index contributed by atoms with van der Waals surface area (Å²) in [7, 11) is 3.42. The fraction of sp³-hybridized carbons (Fsp3) is 0.333. The number of anilines is 1. The van der Waals surface area contributed by atoms with Crippen LogP contribution in [0.15, 0.2) is 60.8 Å². The van der Waals surface area contributed by atoms with E-state index in [-0.39, 0.29) is 23.8 Å². The van der Waals surface area contributed by atoms with Crippen LogP contribution in [0.2, 0.25) is 0 Å². The summed E-state index contributed by atoms with van der Waals surface area (Å²) in [4.78, 5) is 17.1. The van der Waals surface area contributed by atoms with Crippen molar-refractivity contribution in [3.05, 3.63) is 77.7 Å². The number of urea groups is 1. The van der Waals surface area contributed by atoms with Gasteiger partial charge in [0.2, 0.25) is 0 Å². The summed E-state index contributed by atoms with van der Waals surface area (Å²) in [6.07, 6.45) is 1.65. The van der Waals surface area contributed by atoms with Crippen LogP contribution in [0.3, 0.4) is 0 Å². The lowest BCUT2D eigenvalue weighted by Gasteiger charge is -2.21. The number of ether oxygens (including phenoxy) is 1. The predicted molar refractivity (Wildman–Crippen MR) is 142 cm³/mol. The number of methoxy groups -OCH3 is 1. The second-order valence-electron chi connectivity index (χ2n) is 9.40. The molecule has 1 saturated heterocycles. The monoisotopic (exact) mass is 518 g/mol. The fourth-order valence-corrected chi connectivity index (χ4v) is 4.89. The topological polar surface area (TPSA) is 102 Å². The number of likely N-dealkylation sites (tertiary alicyclic amines) is 1. The number of nitrogens with one attached hydrogen (secondary N) is 2. The molecule has 1 aliphatic rings. The number of amides is 2. The van der Waals surface area contributed by atoms with Gasteiger partial charge < -0.3 is 10.1 Å². The Bertz CT molecular complexity index is 1390. The summed E-state index contributed by atoms with van der Waals surface area (Å²) in [5.74, 6) is 0.268. The van der Waals surface area contributed by atoms with Crippen molar-refractivity contribution in [3.63, 3.8) is 0 Å². The molecule has 1 fully saturated rings. The molecule has 0 aliphatic carbocycles. The van der Waals surface area contributed by atoms with E-state index in [0.717, 1.165) is 29.9 Å². The number of nitrogens with zero attached hydrogens (tertiary/aromatic N) is 6. The number of halogens is 1. The van der Waals surface area contributed by atoms with Crippen molar-refractivity contribution in [2.75, 3.05) is 38.7 Å². The van der Waals surface area contributed by atoms with Gasteiger partial charge in [0.1, 0.15) is 23.0 Å². The zero-order chi connectivity index (χ0) is 26.6. The third-order valence-corrected chi connectivity index (χ3v) is 6.82. The molecule has 3 heterocycles. The lowest BCUT2D eigenvalue weighted by Crippen LogP contribution is -2.42. The van der Waals surface area contributed by atoms with Crippen LogP contribution in [0.5, 0.6) is 0 Å². The Kier molecular flexibility index (Phi) is 7.47. The summed E-state index contributed by atoms with van der Waals surface area (Å²) < 4.78 is 20.5. The molecule has 5 rings (SSSR count). The Balaban J connectivity index is 1.41. The van der Waals surface area contributed by atoms with Crippen molar-refractivity contribution in [2.24, 2.45) is 7.05 Å². The molecule has 0 bridgehead atoms. The molecule has 4 aromatic rings. The average molecular weight is 519 g/mol. The first kappa shape index (κ1) is 25.6. The van der Waals surface area contributed by atoms with Crippen molar-refractivity contribution in [1.29, 1.82) is 0 Å². The average Bonchev–Trinajstić information content (AvgIpc) is 3.61. The summed E-state index contributed by atoms with van der Waals surface area (Å²) in [5.41, 5.74) is 3.80. The van der Waals surface area contributed by atoms with Crippen LogP contribution in [0.25, 0.3) is 17.1 Å². The van der Waals surface area contributed by atoms with E-state index in [1.807, 2.05) is 37.3 Å². The Morgan fingerprint density at radius 2 is 1.87 bits per heavy atom. The molecule has 11 heteroatoms. The van der Waals surface area contributed by atoms with E-state index >= 15 is 0 Å². The first-order valence-corrected chi connectivity index (χ1v) is 12.5. The van der Waals surface area contributed by atoms with Crippen LogP contribution in [0.4, 0.5) is 15.0 Å². The SMILES string of the molecule is COCCN1C[C@@H](NC(=O)Nc2c(C)c(-c3cnn(C)n3)nn2-c2ccccc2)[C@H](c2ccc(F)cc2)C1. The summed E-state index contributed by atoms with van der Waals surface area (Å²) in [5, 5.41) is 19.5. The quantitative estimate of drug-likeness (QED) is 0.371. The highest BCUT2D eigenvalue weighted by atomic mass is 19.1. The lowest BCUT2D eigenvalue weighted by atomic mass is 9.94. The number of aryl methyl sites for hydroxylation is 1. The van der Waals surface area contributed by atoms with Gasteiger partial charge in [-0.25, -0.2) is 13.9 Å². The predicted octanol–water partition coefficient (Wildman–Crippen LogP) is 3.35. The van der Waals surface area contributed by atoms with E-state index in [1.165, 1.54) is 16.9 Å². The van der Waals surface area contributed by atoms with Crippen LogP contribution in [0, 0.1) is 12.7 Å². The zero-order valence-electron chi connectivity index (χ0n) is 21.6. The molecule has 10 nitrogen and oxygen atoms in total. The van der Waals surface area contributed by atoms with Crippen molar-refractivity contribution >= 4 is 11.8 Å². The molecule has 2 atom stereocenters. The number of para-hydroxylation sites is 1. The fourth-order valence-electron chi connectivity index (χ4n) is 4.89. The Morgan fingerprint density at radius 3 is 2.55 bits per heavy atom. The molecular weight excluding hydrogens is 487 g/mol. The largest absolute Gasteiger partial charge is 0.383 e. The van der Waals surface area contributed by atoms with Gasteiger partial charge in [-0.1, -0.05) is 30.3 Å². The molecule has 198 valence electrons. The van der Waals surface area contributed by atoms with Crippen molar-refractivity contribution in [1.82, 2.24) is 35.0 Å². The van der Waals surface area contributed by atoms with Crippen molar-refractivity contribution in [2.45, 2.75) is 18.9 Å². The van der Waals surface area contributed by atoms with E-state index in [0.29, 0.717) is 30.4 Å². The Morgan fingerprint density at radius 1 is 1.11 bits per heavy atom. The van der Waals surface area contributed by atoms with Gasteiger partial charge in [0.25, 0.3) is 0 Å². The normalized spacial score (nSPS) is 17.6. The second-order valence-corrected chi connectivity index (χ2v) is 9.40. The van der Waals surface area contributed by atoms with Crippen molar-refractivity contribution in [3.8, 4) is 17.1 Å². The van der Waals surface area contributed by atoms with Gasteiger partial charge in [0, 0.05) is 45.3 Å². The molecule has 2 amide bonds. The maximum Gasteiger partial charge on any atom is 0.320 e. The van der Waals surface area contributed by atoms with E-state index in [4.69, 9.17) is 9.84 Å². The van der Waals surface area contributed by atoms with Crippen LogP contribution < -0.4 is 10.6 Å². The second kappa shape index (κ2) is 11.1.